The van der Waals surface area contributed by atoms with Gasteiger partial charge in [-0.1, -0.05) is 176 Å². The van der Waals surface area contributed by atoms with Crippen molar-refractivity contribution in [2.24, 2.45) is 0 Å². The molecule has 14 aromatic carbocycles. The molecule has 0 unspecified atom stereocenters. The Kier molecular flexibility index (Phi) is 11.8. The molecule has 0 atom stereocenters. The van der Waals surface area contributed by atoms with Gasteiger partial charge < -0.3 is 18.0 Å². The van der Waals surface area contributed by atoms with Gasteiger partial charge in [-0.15, -0.1) is 22.7 Å². The Bertz CT molecular complexity index is 6870. The summed E-state index contributed by atoms with van der Waals surface area (Å²) in [6.45, 7) is 9.76. The van der Waals surface area contributed by atoms with Crippen LogP contribution in [-0.4, -0.2) is 24.1 Å². The molecule has 0 saturated heterocycles. The van der Waals surface area contributed by atoms with Gasteiger partial charge in [-0.25, -0.2) is 19.8 Å². The molecule has 0 bridgehead atoms. The molecule has 8 nitrogen and oxygen atoms in total. The van der Waals surface area contributed by atoms with Crippen molar-refractivity contribution >= 4 is 156 Å². The fourth-order valence-corrected chi connectivity index (χ4v) is 17.6. The van der Waals surface area contributed by atoms with E-state index in [1.165, 1.54) is 29.6 Å². The Labute approximate surface area is 566 Å². The van der Waals surface area contributed by atoms with Gasteiger partial charge in [0.15, 0.2) is 17.5 Å². The monoisotopic (exact) mass is 1280 g/mol. The predicted molar refractivity (Wildman–Crippen MR) is 408 cm³/mol. The first-order valence-electron chi connectivity index (χ1n) is 32.7. The number of fused-ring (bicyclic) bond motifs is 20. The number of hydrogen-bond donors (Lipinski definition) is 0. The Balaban J connectivity index is 0.949. The molecule has 0 aliphatic carbocycles. The Morgan fingerprint density at radius 3 is 1.19 bits per heavy atom. The lowest BCUT2D eigenvalue weighted by Gasteiger charge is -2.24. The van der Waals surface area contributed by atoms with Crippen molar-refractivity contribution < 1.29 is 8.83 Å². The quantitative estimate of drug-likeness (QED) is 0.142. The fourth-order valence-electron chi connectivity index (χ4n) is 15.4. The van der Waals surface area contributed by atoms with E-state index in [9.17, 15) is 6.57 Å². The number of aromatic nitrogens is 5. The first kappa shape index (κ1) is 54.6. The molecule has 0 aliphatic heterocycles. The zero-order chi connectivity index (χ0) is 64.3. The van der Waals surface area contributed by atoms with Crippen LogP contribution >= 0.6 is 22.7 Å². The smallest absolute Gasteiger partial charge is 0.212 e. The van der Waals surface area contributed by atoms with Crippen molar-refractivity contribution in [1.82, 2.24) is 24.1 Å². The molecule has 0 aliphatic rings. The molecular weight excluding hydrogens is 1240 g/mol. The number of nitrogens with zero attached hydrogens (tertiary/aromatic N) is 6. The molecule has 0 fully saturated rings. The second-order valence-corrected chi connectivity index (χ2v) is 27.3. The summed E-state index contributed by atoms with van der Waals surface area (Å²) in [5, 5.41) is 12.6. The maximum atomic E-state index is 9.76. The highest BCUT2D eigenvalue weighted by Crippen LogP contribution is 2.53. The van der Waals surface area contributed by atoms with Gasteiger partial charge in [0.05, 0.1) is 50.8 Å². The summed E-state index contributed by atoms with van der Waals surface area (Å²) in [7, 11) is 0. The minimum atomic E-state index is 0.394. The maximum Gasteiger partial charge on any atom is 0.212 e. The lowest BCUT2D eigenvalue weighted by Crippen LogP contribution is -2.08. The van der Waals surface area contributed by atoms with E-state index in [-0.39, 0.29) is 0 Å². The number of thiophene rings is 2. The van der Waals surface area contributed by atoms with E-state index >= 15 is 0 Å². The average molecular weight is 1290 g/mol. The van der Waals surface area contributed by atoms with Crippen LogP contribution in [0.2, 0.25) is 0 Å². The number of rotatable bonds is 8. The molecule has 10 heteroatoms. The summed E-state index contributed by atoms with van der Waals surface area (Å²) in [5.74, 6) is 1.41. The summed E-state index contributed by atoms with van der Waals surface area (Å²) in [4.78, 5) is 21.8. The normalized spacial score (nSPS) is 12.1. The number of furan rings is 2. The van der Waals surface area contributed by atoms with Crippen molar-refractivity contribution in [1.29, 1.82) is 0 Å². The van der Waals surface area contributed by atoms with Gasteiger partial charge in [0.25, 0.3) is 0 Å². The molecule has 7 heterocycles. The molecule has 454 valence electrons. The third kappa shape index (κ3) is 8.12. The van der Waals surface area contributed by atoms with Crippen LogP contribution in [0.5, 0.6) is 0 Å². The molecule has 21 aromatic rings. The molecule has 0 spiro atoms. The van der Waals surface area contributed by atoms with E-state index in [1.54, 1.807) is 22.7 Å². The lowest BCUT2D eigenvalue weighted by atomic mass is 9.94. The third-order valence-electron chi connectivity index (χ3n) is 19.8. The SMILES string of the molecule is [C-]#[N+]c1cc(-c2nc(-c3ccc4sc5ccccc5c4c3)nc(-c3ccc4sc5ccccc5c4c3)n2)c(-n2c3ccc(-c4ccccc4)cc3c3c4oc5ccccc5c4ccc32)c(-c2ccccc2)c1-n1c2ccc(-c3ccccc3)cc2c2c3oc4ccccc4c3ccc21. The standard InChI is InChI=1S/C88H48N6O2S2/c1-89-68-49-67(88-91-86(55-35-43-77-63(47-55)59-27-13-17-31-75(59)97-77)90-87(92-88)56-36-44-78-64(48-56)60-28-14-18-32-76(60)98-78)82(93-69-39-33-53(50-19-5-2-6-20-50)45-65(69)80-71(93)41-37-61-57-25-11-15-29-73(57)95-84(61)80)79(52-23-9-4-10-24-52)83(68)94-70-40-34-54(51-21-7-3-8-22-51)46-66(70)81-72(94)42-38-62-58-26-12-16-30-74(58)96-85(62)81/h2-49H. The minimum Gasteiger partial charge on any atom is -0.455 e. The van der Waals surface area contributed by atoms with E-state index in [4.69, 9.17) is 28.6 Å². The van der Waals surface area contributed by atoms with Gasteiger partial charge in [-0.3, -0.25) is 0 Å². The van der Waals surface area contributed by atoms with Crippen molar-refractivity contribution in [3.8, 4) is 78.9 Å². The van der Waals surface area contributed by atoms with Gasteiger partial charge >= 0.3 is 0 Å². The van der Waals surface area contributed by atoms with Gasteiger partial charge in [0.1, 0.15) is 22.3 Å². The molecule has 0 amide bonds. The van der Waals surface area contributed by atoms with Gasteiger partial charge in [-0.05, 0) is 143 Å². The van der Waals surface area contributed by atoms with Crippen LogP contribution in [0, 0.1) is 6.57 Å². The van der Waals surface area contributed by atoms with Crippen molar-refractivity contribution in [3.05, 3.63) is 303 Å². The van der Waals surface area contributed by atoms with E-state index < -0.39 is 0 Å². The average Bonchev–Trinajstić information content (AvgIpc) is 1.60. The van der Waals surface area contributed by atoms with E-state index in [2.05, 4.69) is 276 Å². The van der Waals surface area contributed by atoms with E-state index in [0.717, 1.165) is 148 Å². The lowest BCUT2D eigenvalue weighted by molar-refractivity contribution is 0.672. The molecule has 98 heavy (non-hydrogen) atoms. The number of hydrogen-bond acceptors (Lipinski definition) is 7. The van der Waals surface area contributed by atoms with Crippen LogP contribution in [0.4, 0.5) is 5.69 Å². The van der Waals surface area contributed by atoms with E-state index in [0.29, 0.717) is 34.4 Å². The van der Waals surface area contributed by atoms with Gasteiger partial charge in [-0.2, -0.15) is 0 Å². The fraction of sp³-hybridized carbons (Fsp3) is 0. The van der Waals surface area contributed by atoms with Crippen molar-refractivity contribution in [2.75, 3.05) is 0 Å². The van der Waals surface area contributed by atoms with Gasteiger partial charge in [0.2, 0.25) is 5.69 Å². The van der Waals surface area contributed by atoms with Crippen LogP contribution in [-0.2, 0) is 0 Å². The van der Waals surface area contributed by atoms with Crippen molar-refractivity contribution in [3.63, 3.8) is 0 Å². The Hall–Kier alpha value is -12.8. The number of benzene rings is 14. The summed E-state index contributed by atoms with van der Waals surface area (Å²) >= 11 is 3.56. The molecule has 0 N–H and O–H groups in total. The highest BCUT2D eigenvalue weighted by atomic mass is 32.1. The van der Waals surface area contributed by atoms with Crippen LogP contribution < -0.4 is 0 Å². The number of para-hydroxylation sites is 2. The zero-order valence-electron chi connectivity index (χ0n) is 52.0. The second kappa shape index (κ2) is 21.1. The third-order valence-corrected chi connectivity index (χ3v) is 22.1. The minimum absolute atomic E-state index is 0.394. The summed E-state index contributed by atoms with van der Waals surface area (Å²) in [6.07, 6.45) is 0. The largest absolute Gasteiger partial charge is 0.455 e. The predicted octanol–water partition coefficient (Wildman–Crippen LogP) is 25.2. The molecular formula is C88H48N6O2S2. The zero-order valence-corrected chi connectivity index (χ0v) is 53.7. The molecule has 21 rings (SSSR count). The first-order valence-corrected chi connectivity index (χ1v) is 34.3. The van der Waals surface area contributed by atoms with Crippen molar-refractivity contribution in [2.45, 2.75) is 0 Å². The first-order chi connectivity index (χ1) is 48.5. The van der Waals surface area contributed by atoms with Crippen LogP contribution in [0.25, 0.3) is 212 Å². The van der Waals surface area contributed by atoms with E-state index in [1.807, 2.05) is 24.3 Å². The molecule has 0 saturated carbocycles. The summed E-state index contributed by atoms with van der Waals surface area (Å²) < 4.78 is 23.7. The summed E-state index contributed by atoms with van der Waals surface area (Å²) in [5.41, 5.74) is 16.9. The summed E-state index contributed by atoms with van der Waals surface area (Å²) in [6, 6.07) is 103. The maximum absolute atomic E-state index is 9.76. The highest BCUT2D eigenvalue weighted by molar-refractivity contribution is 7.26. The van der Waals surface area contributed by atoms with Crippen LogP contribution in [0.1, 0.15) is 0 Å². The Morgan fingerprint density at radius 1 is 0.296 bits per heavy atom. The Morgan fingerprint density at radius 2 is 0.694 bits per heavy atom. The molecule has 0 radical (unpaired) electrons. The van der Waals surface area contributed by atoms with Crippen LogP contribution in [0.15, 0.2) is 300 Å². The highest BCUT2D eigenvalue weighted by Gasteiger charge is 2.32. The topological polar surface area (TPSA) is 79.2 Å². The second-order valence-electron chi connectivity index (χ2n) is 25.2. The van der Waals surface area contributed by atoms with Crippen LogP contribution in [0.3, 0.4) is 0 Å². The molecule has 7 aromatic heterocycles. The van der Waals surface area contributed by atoms with Gasteiger partial charge in [0, 0.05) is 94.9 Å².